The van der Waals surface area contributed by atoms with Crippen LogP contribution in [0.15, 0.2) is 40.0 Å². The quantitative estimate of drug-likeness (QED) is 0.342. The number of hydrogen-bond donors (Lipinski definition) is 2. The highest BCUT2D eigenvalue weighted by atomic mass is 127. The summed E-state index contributed by atoms with van der Waals surface area (Å²) in [6.07, 6.45) is 1.48. The SMILES string of the molecule is CCNC(=NCc1cc(OC)ccc1OC(F)F)NCc1ccon1.I. The number of hydrogen-bond acceptors (Lipinski definition) is 5. The molecule has 2 N–H and O–H groups in total. The number of guanidine groups is 1. The van der Waals surface area contributed by atoms with Crippen LogP contribution in [0.4, 0.5) is 8.78 Å². The Kier molecular flexibility index (Phi) is 9.70. The first-order valence-electron chi connectivity index (χ1n) is 7.65. The Hall–Kier alpha value is -2.11. The maximum Gasteiger partial charge on any atom is 0.387 e. The summed E-state index contributed by atoms with van der Waals surface area (Å²) in [5, 5.41) is 9.94. The summed E-state index contributed by atoms with van der Waals surface area (Å²) >= 11 is 0. The average molecular weight is 482 g/mol. The fourth-order valence-corrected chi connectivity index (χ4v) is 2.03. The highest BCUT2D eigenvalue weighted by Gasteiger charge is 2.11. The molecule has 0 saturated carbocycles. The lowest BCUT2D eigenvalue weighted by Crippen LogP contribution is -2.36. The van der Waals surface area contributed by atoms with Crippen molar-refractivity contribution in [3.05, 3.63) is 41.8 Å². The second-order valence-electron chi connectivity index (χ2n) is 4.89. The van der Waals surface area contributed by atoms with Crippen molar-refractivity contribution >= 4 is 29.9 Å². The van der Waals surface area contributed by atoms with Crippen LogP contribution in [-0.2, 0) is 13.1 Å². The first kappa shape index (κ1) is 21.9. The van der Waals surface area contributed by atoms with Crippen molar-refractivity contribution in [2.45, 2.75) is 26.6 Å². The Morgan fingerprint density at radius 1 is 1.31 bits per heavy atom. The van der Waals surface area contributed by atoms with E-state index in [1.54, 1.807) is 18.2 Å². The summed E-state index contributed by atoms with van der Waals surface area (Å²) in [4.78, 5) is 4.38. The second kappa shape index (κ2) is 11.5. The van der Waals surface area contributed by atoms with Gasteiger partial charge in [0.1, 0.15) is 23.5 Å². The van der Waals surface area contributed by atoms with E-state index in [2.05, 4.69) is 25.5 Å². The maximum atomic E-state index is 12.6. The van der Waals surface area contributed by atoms with Crippen LogP contribution >= 0.6 is 24.0 Å². The number of rotatable bonds is 8. The molecule has 1 aromatic carbocycles. The predicted octanol–water partition coefficient (Wildman–Crippen LogP) is 3.16. The highest BCUT2D eigenvalue weighted by Crippen LogP contribution is 2.26. The van der Waals surface area contributed by atoms with Gasteiger partial charge in [-0.1, -0.05) is 5.16 Å². The fraction of sp³-hybridized carbons (Fsp3) is 0.375. The first-order chi connectivity index (χ1) is 12.1. The van der Waals surface area contributed by atoms with Gasteiger partial charge in [-0.3, -0.25) is 0 Å². The number of aliphatic imine (C=N–C) groups is 1. The zero-order valence-corrected chi connectivity index (χ0v) is 16.7. The molecule has 1 heterocycles. The molecule has 2 rings (SSSR count). The Bertz CT molecular complexity index is 684. The van der Waals surface area contributed by atoms with E-state index in [1.807, 2.05) is 6.92 Å². The van der Waals surface area contributed by atoms with Crippen molar-refractivity contribution in [2.75, 3.05) is 13.7 Å². The minimum Gasteiger partial charge on any atom is -0.497 e. The maximum absolute atomic E-state index is 12.6. The summed E-state index contributed by atoms with van der Waals surface area (Å²) in [6, 6.07) is 6.33. The zero-order chi connectivity index (χ0) is 18.1. The standard InChI is InChI=1S/C16H20F2N4O3.HI/c1-3-19-16(21-10-12-6-7-24-22-12)20-9-11-8-13(23-2)4-5-14(11)25-15(17)18;/h4-8,15H,3,9-10H2,1-2H3,(H2,19,20,21);1H. The molecule has 7 nitrogen and oxygen atoms in total. The minimum atomic E-state index is -2.91. The molecule has 0 amide bonds. The second-order valence-corrected chi connectivity index (χ2v) is 4.89. The van der Waals surface area contributed by atoms with Gasteiger partial charge in [0, 0.05) is 18.2 Å². The summed E-state index contributed by atoms with van der Waals surface area (Å²) in [5.74, 6) is 1.11. The normalized spacial score (nSPS) is 11.0. The van der Waals surface area contributed by atoms with Gasteiger partial charge in [0.2, 0.25) is 0 Å². The molecular weight excluding hydrogens is 461 g/mol. The van der Waals surface area contributed by atoms with Crippen LogP contribution in [0.2, 0.25) is 0 Å². The van der Waals surface area contributed by atoms with Gasteiger partial charge in [-0.05, 0) is 25.1 Å². The van der Waals surface area contributed by atoms with E-state index in [1.165, 1.54) is 19.4 Å². The molecule has 0 spiro atoms. The highest BCUT2D eigenvalue weighted by molar-refractivity contribution is 14.0. The molecule has 0 saturated heterocycles. The Labute approximate surface area is 167 Å². The van der Waals surface area contributed by atoms with Crippen molar-refractivity contribution in [3.63, 3.8) is 0 Å². The number of halogens is 3. The van der Waals surface area contributed by atoms with Crippen LogP contribution < -0.4 is 20.1 Å². The molecular formula is C16H21F2IN4O3. The molecule has 10 heteroatoms. The van der Waals surface area contributed by atoms with Gasteiger partial charge in [0.05, 0.1) is 20.2 Å². The van der Waals surface area contributed by atoms with Crippen LogP contribution in [0.5, 0.6) is 11.5 Å². The molecule has 26 heavy (non-hydrogen) atoms. The molecule has 0 fully saturated rings. The van der Waals surface area contributed by atoms with E-state index in [9.17, 15) is 8.78 Å². The largest absolute Gasteiger partial charge is 0.497 e. The van der Waals surface area contributed by atoms with Crippen molar-refractivity contribution in [1.29, 1.82) is 0 Å². The van der Waals surface area contributed by atoms with Crippen LogP contribution in [0.25, 0.3) is 0 Å². The molecule has 0 aliphatic heterocycles. The Balaban J connectivity index is 0.00000338. The Morgan fingerprint density at radius 2 is 2.12 bits per heavy atom. The van der Waals surface area contributed by atoms with E-state index in [0.717, 1.165) is 0 Å². The number of nitrogens with zero attached hydrogens (tertiary/aromatic N) is 2. The van der Waals surface area contributed by atoms with E-state index >= 15 is 0 Å². The van der Waals surface area contributed by atoms with Crippen molar-refractivity contribution < 1.29 is 22.8 Å². The third kappa shape index (κ3) is 7.02. The van der Waals surface area contributed by atoms with Crippen molar-refractivity contribution in [3.8, 4) is 11.5 Å². The van der Waals surface area contributed by atoms with Crippen LogP contribution in [0.3, 0.4) is 0 Å². The minimum absolute atomic E-state index is 0. The van der Waals surface area contributed by atoms with E-state index in [4.69, 9.17) is 9.26 Å². The smallest absolute Gasteiger partial charge is 0.387 e. The van der Waals surface area contributed by atoms with E-state index in [0.29, 0.717) is 36.1 Å². The number of methoxy groups -OCH3 is 1. The lowest BCUT2D eigenvalue weighted by molar-refractivity contribution is -0.0504. The summed E-state index contributed by atoms with van der Waals surface area (Å²) < 4.78 is 39.5. The van der Waals surface area contributed by atoms with Gasteiger partial charge in [-0.15, -0.1) is 24.0 Å². The summed E-state index contributed by atoms with van der Waals surface area (Å²) in [5.41, 5.74) is 1.20. The lowest BCUT2D eigenvalue weighted by Gasteiger charge is -2.13. The predicted molar refractivity (Wildman–Crippen MR) is 103 cm³/mol. The lowest BCUT2D eigenvalue weighted by atomic mass is 10.2. The van der Waals surface area contributed by atoms with Crippen molar-refractivity contribution in [1.82, 2.24) is 15.8 Å². The van der Waals surface area contributed by atoms with E-state index < -0.39 is 6.61 Å². The molecule has 0 unspecified atom stereocenters. The number of aromatic nitrogens is 1. The van der Waals surface area contributed by atoms with Crippen LogP contribution in [-0.4, -0.2) is 31.4 Å². The molecule has 0 bridgehead atoms. The van der Waals surface area contributed by atoms with E-state index in [-0.39, 0.29) is 36.3 Å². The van der Waals surface area contributed by atoms with Gasteiger partial charge < -0.3 is 24.6 Å². The molecule has 0 aliphatic carbocycles. The first-order valence-corrected chi connectivity index (χ1v) is 7.65. The molecule has 0 atom stereocenters. The number of nitrogens with one attached hydrogen (secondary N) is 2. The Morgan fingerprint density at radius 3 is 2.73 bits per heavy atom. The molecule has 144 valence electrons. The third-order valence-electron chi connectivity index (χ3n) is 3.16. The number of ether oxygens (including phenoxy) is 2. The van der Waals surface area contributed by atoms with Crippen molar-refractivity contribution in [2.24, 2.45) is 4.99 Å². The monoisotopic (exact) mass is 482 g/mol. The summed E-state index contributed by atoms with van der Waals surface area (Å²) in [6.45, 7) is 0.205. The number of benzene rings is 1. The van der Waals surface area contributed by atoms with Gasteiger partial charge in [-0.2, -0.15) is 8.78 Å². The van der Waals surface area contributed by atoms with Gasteiger partial charge >= 0.3 is 6.61 Å². The van der Waals surface area contributed by atoms with Crippen LogP contribution in [0.1, 0.15) is 18.2 Å². The fourth-order valence-electron chi connectivity index (χ4n) is 2.03. The zero-order valence-electron chi connectivity index (χ0n) is 14.4. The summed E-state index contributed by atoms with van der Waals surface area (Å²) in [7, 11) is 1.50. The molecule has 2 aromatic rings. The van der Waals surface area contributed by atoms with Gasteiger partial charge in [-0.25, -0.2) is 4.99 Å². The van der Waals surface area contributed by atoms with Gasteiger partial charge in [0.25, 0.3) is 0 Å². The third-order valence-corrected chi connectivity index (χ3v) is 3.16. The topological polar surface area (TPSA) is 80.9 Å². The van der Waals surface area contributed by atoms with Crippen LogP contribution in [0, 0.1) is 0 Å². The molecule has 1 aromatic heterocycles. The molecule has 0 radical (unpaired) electrons. The average Bonchev–Trinajstić information content (AvgIpc) is 3.11. The number of alkyl halides is 2. The van der Waals surface area contributed by atoms with Gasteiger partial charge in [0.15, 0.2) is 5.96 Å². The molecule has 0 aliphatic rings.